The number of aliphatic carboxylic acids is 1. The Morgan fingerprint density at radius 2 is 1.64 bits per heavy atom. The molecule has 0 spiro atoms. The minimum atomic E-state index is -1.44. The van der Waals surface area contributed by atoms with Crippen LogP contribution in [0.5, 0.6) is 0 Å². The van der Waals surface area contributed by atoms with Crippen molar-refractivity contribution in [3.63, 3.8) is 0 Å². The highest BCUT2D eigenvalue weighted by atomic mass is 79.9. The Morgan fingerprint density at radius 3 is 2.18 bits per heavy atom. The monoisotopic (exact) mass is 358 g/mol. The van der Waals surface area contributed by atoms with Crippen LogP contribution >= 0.6 is 15.9 Å². The van der Waals surface area contributed by atoms with Gasteiger partial charge < -0.3 is 15.2 Å². The van der Waals surface area contributed by atoms with E-state index in [1.807, 2.05) is 19.1 Å². The van der Waals surface area contributed by atoms with E-state index in [0.717, 1.165) is 16.1 Å². The number of hydrogen-bond acceptors (Lipinski definition) is 4. The molecule has 2 aromatic carbocycles. The van der Waals surface area contributed by atoms with Gasteiger partial charge in [0.25, 0.3) is 0 Å². The van der Waals surface area contributed by atoms with Gasteiger partial charge in [-0.25, -0.2) is 0 Å². The minimum Gasteiger partial charge on any atom is -0.543 e. The van der Waals surface area contributed by atoms with Gasteiger partial charge in [-0.05, 0) is 43.3 Å². The summed E-state index contributed by atoms with van der Waals surface area (Å²) >= 11 is 3.28. The second kappa shape index (κ2) is 7.04. The molecule has 0 aliphatic heterocycles. The second-order valence-corrected chi connectivity index (χ2v) is 5.62. The molecule has 0 aromatic heterocycles. The van der Waals surface area contributed by atoms with Crippen LogP contribution in [0.3, 0.4) is 0 Å². The maximum Gasteiger partial charge on any atom is 0.187 e. The predicted octanol–water partition coefficient (Wildman–Crippen LogP) is 2.69. The fourth-order valence-corrected chi connectivity index (χ4v) is 2.03. The summed E-state index contributed by atoms with van der Waals surface area (Å²) in [5.41, 5.74) is 1.74. The lowest BCUT2D eigenvalue weighted by Crippen LogP contribution is -2.29. The molecular weight excluding hydrogens is 346 g/mol. The van der Waals surface area contributed by atoms with E-state index in [2.05, 4.69) is 21.2 Å². The first kappa shape index (κ1) is 16.0. The van der Waals surface area contributed by atoms with E-state index >= 15 is 0 Å². The lowest BCUT2D eigenvalue weighted by Gasteiger charge is -2.12. The molecule has 2 aromatic rings. The number of anilines is 1. The number of allylic oxidation sites excluding steroid dienone is 1. The molecule has 0 heterocycles. The summed E-state index contributed by atoms with van der Waals surface area (Å²) in [6.07, 6.45) is 1.03. The number of benzene rings is 2. The Hall–Kier alpha value is -2.40. The van der Waals surface area contributed by atoms with Gasteiger partial charge >= 0.3 is 0 Å². The number of aryl methyl sites for hydroxylation is 1. The van der Waals surface area contributed by atoms with Gasteiger partial charge in [-0.3, -0.25) is 4.79 Å². The lowest BCUT2D eigenvalue weighted by molar-refractivity contribution is -0.299. The van der Waals surface area contributed by atoms with Crippen LogP contribution < -0.4 is 10.4 Å². The molecule has 0 aliphatic rings. The fraction of sp³-hybridized carbons (Fsp3) is 0.0588. The predicted molar refractivity (Wildman–Crippen MR) is 86.4 cm³/mol. The zero-order chi connectivity index (χ0) is 16.1. The van der Waals surface area contributed by atoms with Gasteiger partial charge in [0.15, 0.2) is 5.78 Å². The van der Waals surface area contributed by atoms with Crippen molar-refractivity contribution in [3.8, 4) is 0 Å². The molecule has 0 saturated carbocycles. The standard InChI is InChI=1S/C17H14BrNO3/c1-11-2-8-14(9-3-11)19-15(17(21)22)10-16(20)12-4-6-13(18)7-5-12/h2-10,19H,1H3,(H,21,22)/p-1. The molecule has 4 nitrogen and oxygen atoms in total. The Morgan fingerprint density at radius 1 is 1.05 bits per heavy atom. The van der Waals surface area contributed by atoms with E-state index in [9.17, 15) is 14.7 Å². The first-order chi connectivity index (χ1) is 10.5. The number of hydrogen-bond donors (Lipinski definition) is 1. The van der Waals surface area contributed by atoms with Crippen LogP contribution in [0.4, 0.5) is 5.69 Å². The van der Waals surface area contributed by atoms with Crippen molar-refractivity contribution in [1.29, 1.82) is 0 Å². The smallest absolute Gasteiger partial charge is 0.187 e. The first-order valence-electron chi connectivity index (χ1n) is 6.52. The summed E-state index contributed by atoms with van der Waals surface area (Å²) in [5, 5.41) is 13.9. The SMILES string of the molecule is Cc1ccc(NC(=CC(=O)c2ccc(Br)cc2)C(=O)[O-])cc1. The van der Waals surface area contributed by atoms with Gasteiger partial charge in [0.05, 0.1) is 11.7 Å². The molecule has 0 fully saturated rings. The average molecular weight is 359 g/mol. The summed E-state index contributed by atoms with van der Waals surface area (Å²) in [5.74, 6) is -1.85. The number of carboxylic acids is 1. The molecule has 0 radical (unpaired) electrons. The summed E-state index contributed by atoms with van der Waals surface area (Å²) in [6.45, 7) is 1.93. The molecule has 0 aliphatic carbocycles. The lowest BCUT2D eigenvalue weighted by atomic mass is 10.1. The van der Waals surface area contributed by atoms with E-state index in [0.29, 0.717) is 11.3 Å². The van der Waals surface area contributed by atoms with E-state index in [1.165, 1.54) is 0 Å². The Bertz CT molecular complexity index is 719. The average Bonchev–Trinajstić information content (AvgIpc) is 2.49. The summed E-state index contributed by atoms with van der Waals surface area (Å²) in [4.78, 5) is 23.3. The number of halogens is 1. The molecule has 0 atom stereocenters. The van der Waals surface area contributed by atoms with E-state index < -0.39 is 11.8 Å². The first-order valence-corrected chi connectivity index (χ1v) is 7.31. The van der Waals surface area contributed by atoms with Gasteiger partial charge in [-0.1, -0.05) is 33.6 Å². The fourth-order valence-electron chi connectivity index (χ4n) is 1.77. The Labute approximate surface area is 136 Å². The van der Waals surface area contributed by atoms with Crippen LogP contribution in [-0.2, 0) is 4.79 Å². The Balaban J connectivity index is 2.23. The van der Waals surface area contributed by atoms with Gasteiger partial charge in [-0.15, -0.1) is 0 Å². The number of nitrogens with one attached hydrogen (secondary N) is 1. The number of carbonyl (C=O) groups is 2. The van der Waals surface area contributed by atoms with Crippen LogP contribution in [-0.4, -0.2) is 11.8 Å². The van der Waals surface area contributed by atoms with E-state index in [1.54, 1.807) is 36.4 Å². The largest absolute Gasteiger partial charge is 0.543 e. The van der Waals surface area contributed by atoms with Crippen molar-refractivity contribution < 1.29 is 14.7 Å². The molecule has 1 N–H and O–H groups in total. The zero-order valence-electron chi connectivity index (χ0n) is 11.8. The molecular formula is C17H13BrNO3-. The van der Waals surface area contributed by atoms with Crippen LogP contribution in [0.15, 0.2) is 64.8 Å². The molecule has 0 bridgehead atoms. The summed E-state index contributed by atoms with van der Waals surface area (Å²) in [7, 11) is 0. The minimum absolute atomic E-state index is 0.281. The van der Waals surface area contributed by atoms with E-state index in [4.69, 9.17) is 0 Å². The third-order valence-electron chi connectivity index (χ3n) is 2.95. The Kier molecular flexibility index (Phi) is 5.12. The van der Waals surface area contributed by atoms with Crippen LogP contribution in [0.25, 0.3) is 0 Å². The normalized spacial score (nSPS) is 11.1. The molecule has 0 saturated heterocycles. The van der Waals surface area contributed by atoms with Crippen molar-refractivity contribution in [2.45, 2.75) is 6.92 Å². The van der Waals surface area contributed by atoms with Gasteiger partial charge in [0, 0.05) is 21.8 Å². The molecule has 22 heavy (non-hydrogen) atoms. The van der Waals surface area contributed by atoms with Crippen molar-refractivity contribution >= 4 is 33.4 Å². The number of ketones is 1. The molecule has 0 unspecified atom stereocenters. The summed E-state index contributed by atoms with van der Waals surface area (Å²) < 4.78 is 0.839. The van der Waals surface area contributed by atoms with Crippen molar-refractivity contribution in [2.75, 3.05) is 5.32 Å². The third-order valence-corrected chi connectivity index (χ3v) is 3.48. The van der Waals surface area contributed by atoms with Gasteiger partial charge in [0.1, 0.15) is 0 Å². The van der Waals surface area contributed by atoms with Crippen molar-refractivity contribution in [3.05, 3.63) is 75.9 Å². The van der Waals surface area contributed by atoms with Crippen LogP contribution in [0.2, 0.25) is 0 Å². The maximum atomic E-state index is 12.1. The molecule has 2 rings (SSSR count). The molecule has 112 valence electrons. The van der Waals surface area contributed by atoms with Crippen LogP contribution in [0.1, 0.15) is 15.9 Å². The molecule has 5 heteroatoms. The molecule has 0 amide bonds. The number of rotatable bonds is 5. The highest BCUT2D eigenvalue weighted by molar-refractivity contribution is 9.10. The number of carbonyl (C=O) groups excluding carboxylic acids is 2. The quantitative estimate of drug-likeness (QED) is 0.658. The summed E-state index contributed by atoms with van der Waals surface area (Å²) in [6, 6.07) is 13.8. The second-order valence-electron chi connectivity index (χ2n) is 4.71. The van der Waals surface area contributed by atoms with Gasteiger partial charge in [-0.2, -0.15) is 0 Å². The van der Waals surface area contributed by atoms with E-state index in [-0.39, 0.29) is 5.70 Å². The highest BCUT2D eigenvalue weighted by Gasteiger charge is 2.07. The van der Waals surface area contributed by atoms with Crippen molar-refractivity contribution in [1.82, 2.24) is 0 Å². The number of carboxylic acid groups (broad SMARTS) is 1. The third kappa shape index (κ3) is 4.30. The van der Waals surface area contributed by atoms with Crippen LogP contribution in [0, 0.1) is 6.92 Å². The maximum absolute atomic E-state index is 12.1. The topological polar surface area (TPSA) is 69.2 Å². The van der Waals surface area contributed by atoms with Gasteiger partial charge in [0.2, 0.25) is 0 Å². The zero-order valence-corrected chi connectivity index (χ0v) is 13.4. The van der Waals surface area contributed by atoms with Crippen molar-refractivity contribution in [2.24, 2.45) is 0 Å². The highest BCUT2D eigenvalue weighted by Crippen LogP contribution is 2.14.